The molecular formula is C22H32N2O5S. The van der Waals surface area contributed by atoms with E-state index in [1.807, 2.05) is 32.0 Å². The first-order valence-corrected chi connectivity index (χ1v) is 12.4. The number of Topliss-reactive ketones (excluding diaryl/α,β-unsaturated/α-hetero) is 1. The van der Waals surface area contributed by atoms with E-state index in [1.54, 1.807) is 0 Å². The van der Waals surface area contributed by atoms with Crippen LogP contribution < -0.4 is 5.32 Å². The minimum atomic E-state index is -3.46. The number of hydrogen-bond donors (Lipinski definition) is 1. The van der Waals surface area contributed by atoms with Crippen molar-refractivity contribution < 1.29 is 22.7 Å². The van der Waals surface area contributed by atoms with Crippen LogP contribution in [0.5, 0.6) is 0 Å². The highest BCUT2D eigenvalue weighted by atomic mass is 32.2. The van der Waals surface area contributed by atoms with Crippen LogP contribution in [0.25, 0.3) is 0 Å². The molecule has 2 aliphatic rings. The number of nitrogens with zero attached hydrogens (tertiary/aromatic N) is 1. The molecule has 0 radical (unpaired) electrons. The zero-order valence-electron chi connectivity index (χ0n) is 17.9. The molecule has 1 N–H and O–H groups in total. The van der Waals surface area contributed by atoms with Gasteiger partial charge in [-0.05, 0) is 56.7 Å². The van der Waals surface area contributed by atoms with E-state index in [2.05, 4.69) is 5.32 Å². The minimum Gasteiger partial charge on any atom is -0.373 e. The second kappa shape index (κ2) is 10.0. The summed E-state index contributed by atoms with van der Waals surface area (Å²) < 4.78 is 32.0. The van der Waals surface area contributed by atoms with Crippen molar-refractivity contribution in [1.29, 1.82) is 0 Å². The number of amides is 1. The van der Waals surface area contributed by atoms with E-state index in [0.717, 1.165) is 19.3 Å². The van der Waals surface area contributed by atoms with Crippen molar-refractivity contribution in [3.8, 4) is 0 Å². The highest BCUT2D eigenvalue weighted by Crippen LogP contribution is 2.23. The Morgan fingerprint density at radius 3 is 2.43 bits per heavy atom. The molecule has 0 aromatic heterocycles. The van der Waals surface area contributed by atoms with Gasteiger partial charge in [0.15, 0.2) is 5.78 Å². The van der Waals surface area contributed by atoms with Crippen LogP contribution in [0.4, 0.5) is 0 Å². The van der Waals surface area contributed by atoms with Crippen molar-refractivity contribution in [1.82, 2.24) is 9.62 Å². The lowest BCUT2D eigenvalue weighted by Gasteiger charge is -2.34. The molecule has 0 spiro atoms. The molecule has 1 saturated heterocycles. The third kappa shape index (κ3) is 6.12. The lowest BCUT2D eigenvalue weighted by atomic mass is 9.89. The summed E-state index contributed by atoms with van der Waals surface area (Å²) in [6.07, 6.45) is 4.30. The van der Waals surface area contributed by atoms with Gasteiger partial charge in [0.1, 0.15) is 0 Å². The van der Waals surface area contributed by atoms with E-state index in [9.17, 15) is 18.0 Å². The second-order valence-corrected chi connectivity index (χ2v) is 10.4. The minimum absolute atomic E-state index is 0.0360. The van der Waals surface area contributed by atoms with Gasteiger partial charge in [-0.3, -0.25) is 9.59 Å². The van der Waals surface area contributed by atoms with Crippen LogP contribution in [0.15, 0.2) is 18.2 Å². The number of aryl methyl sites for hydroxylation is 2. The average Bonchev–Trinajstić information content (AvgIpc) is 2.70. The summed E-state index contributed by atoms with van der Waals surface area (Å²) in [7, 11) is -3.46. The molecule has 0 bridgehead atoms. The molecule has 1 aromatic carbocycles. The summed E-state index contributed by atoms with van der Waals surface area (Å²) in [4.78, 5) is 24.5. The smallest absolute Gasteiger partial charge is 0.220 e. The van der Waals surface area contributed by atoms with Crippen molar-refractivity contribution in [2.45, 2.75) is 64.6 Å². The van der Waals surface area contributed by atoms with Crippen LogP contribution in [-0.2, 0) is 32.4 Å². The normalized spacial score (nSPS) is 22.3. The maximum Gasteiger partial charge on any atom is 0.220 e. The molecule has 1 aliphatic carbocycles. The Kier molecular flexibility index (Phi) is 7.65. The van der Waals surface area contributed by atoms with E-state index >= 15 is 0 Å². The van der Waals surface area contributed by atoms with Crippen LogP contribution in [0.1, 0.15) is 61.0 Å². The third-order valence-corrected chi connectivity index (χ3v) is 7.52. The molecule has 0 unspecified atom stereocenters. The SMILES string of the molecule is C[C@H]1CN(S(=O)(=O)CCNC(=O)CCC(=O)c2ccc3c(c2)CCCC3)C[C@H](C)O1. The van der Waals surface area contributed by atoms with Gasteiger partial charge in [0.05, 0.1) is 18.0 Å². The van der Waals surface area contributed by atoms with Crippen LogP contribution >= 0.6 is 0 Å². The fourth-order valence-corrected chi connectivity index (χ4v) is 5.67. The largest absolute Gasteiger partial charge is 0.373 e. The quantitative estimate of drug-likeness (QED) is 0.630. The molecule has 8 heteroatoms. The van der Waals surface area contributed by atoms with Crippen molar-refractivity contribution in [2.75, 3.05) is 25.4 Å². The van der Waals surface area contributed by atoms with Crippen LogP contribution in [0, 0.1) is 0 Å². The zero-order chi connectivity index (χ0) is 21.7. The summed E-state index contributed by atoms with van der Waals surface area (Å²) in [6, 6.07) is 5.84. The Bertz CT molecular complexity index is 874. The van der Waals surface area contributed by atoms with Gasteiger partial charge < -0.3 is 10.1 Å². The second-order valence-electron chi connectivity index (χ2n) is 8.35. The Labute approximate surface area is 179 Å². The lowest BCUT2D eigenvalue weighted by molar-refractivity contribution is -0.120. The molecule has 30 heavy (non-hydrogen) atoms. The van der Waals surface area contributed by atoms with Gasteiger partial charge in [0.25, 0.3) is 0 Å². The summed E-state index contributed by atoms with van der Waals surface area (Å²) >= 11 is 0. The van der Waals surface area contributed by atoms with Gasteiger partial charge in [-0.2, -0.15) is 4.31 Å². The molecule has 2 atom stereocenters. The van der Waals surface area contributed by atoms with Gasteiger partial charge in [0.2, 0.25) is 15.9 Å². The Morgan fingerprint density at radius 2 is 1.73 bits per heavy atom. The molecule has 1 fully saturated rings. The number of benzene rings is 1. The van der Waals surface area contributed by atoms with Gasteiger partial charge in [0, 0.05) is 38.0 Å². The maximum atomic E-state index is 12.5. The molecule has 1 heterocycles. The van der Waals surface area contributed by atoms with Gasteiger partial charge >= 0.3 is 0 Å². The highest BCUT2D eigenvalue weighted by molar-refractivity contribution is 7.89. The summed E-state index contributed by atoms with van der Waals surface area (Å²) in [6.45, 7) is 4.39. The van der Waals surface area contributed by atoms with Crippen molar-refractivity contribution >= 4 is 21.7 Å². The number of morpholine rings is 1. The number of carbonyl (C=O) groups is 2. The number of carbonyl (C=O) groups excluding carboxylic acids is 2. The first kappa shape index (κ1) is 22.9. The monoisotopic (exact) mass is 436 g/mol. The summed E-state index contributed by atoms with van der Waals surface area (Å²) in [5.74, 6) is -0.514. The number of ether oxygens (including phenoxy) is 1. The Hall–Kier alpha value is -1.77. The molecule has 7 nitrogen and oxygen atoms in total. The molecule has 166 valence electrons. The molecule has 0 saturated carbocycles. The molecule has 1 aromatic rings. The van der Waals surface area contributed by atoms with Crippen LogP contribution in [-0.4, -0.2) is 62.0 Å². The first-order chi connectivity index (χ1) is 14.2. The van der Waals surface area contributed by atoms with Crippen LogP contribution in [0.2, 0.25) is 0 Å². The first-order valence-electron chi connectivity index (χ1n) is 10.8. The van der Waals surface area contributed by atoms with E-state index in [-0.39, 0.29) is 49.0 Å². The van der Waals surface area contributed by atoms with Gasteiger partial charge in [-0.1, -0.05) is 12.1 Å². The molecule has 3 rings (SSSR count). The van der Waals surface area contributed by atoms with E-state index < -0.39 is 10.0 Å². The van der Waals surface area contributed by atoms with Crippen molar-refractivity contribution in [3.63, 3.8) is 0 Å². The zero-order valence-corrected chi connectivity index (χ0v) is 18.7. The number of fused-ring (bicyclic) bond motifs is 1. The van der Waals surface area contributed by atoms with Crippen molar-refractivity contribution in [3.05, 3.63) is 34.9 Å². The number of hydrogen-bond acceptors (Lipinski definition) is 5. The average molecular weight is 437 g/mol. The van der Waals surface area contributed by atoms with Crippen molar-refractivity contribution in [2.24, 2.45) is 0 Å². The number of rotatable bonds is 8. The van der Waals surface area contributed by atoms with E-state index in [1.165, 1.54) is 21.9 Å². The standard InChI is InChI=1S/C22H32N2O5S/c1-16-14-24(15-17(2)29-16)30(27,28)12-11-23-22(26)10-9-21(25)20-8-7-18-5-3-4-6-19(18)13-20/h7-8,13,16-17H,3-6,9-12,14-15H2,1-2H3,(H,23,26)/t16-,17-/m0/s1. The van der Waals surface area contributed by atoms with E-state index in [0.29, 0.717) is 18.7 Å². The van der Waals surface area contributed by atoms with Crippen LogP contribution in [0.3, 0.4) is 0 Å². The summed E-state index contributed by atoms with van der Waals surface area (Å²) in [5.41, 5.74) is 3.22. The van der Waals surface area contributed by atoms with E-state index in [4.69, 9.17) is 4.74 Å². The maximum absolute atomic E-state index is 12.5. The molecule has 1 aliphatic heterocycles. The molecule has 1 amide bonds. The summed E-state index contributed by atoms with van der Waals surface area (Å²) in [5, 5.41) is 2.63. The van der Waals surface area contributed by atoms with Gasteiger partial charge in [-0.15, -0.1) is 0 Å². The number of sulfonamides is 1. The fourth-order valence-electron chi connectivity index (χ4n) is 4.17. The number of nitrogens with one attached hydrogen (secondary N) is 1. The predicted molar refractivity (Wildman–Crippen MR) is 115 cm³/mol. The highest BCUT2D eigenvalue weighted by Gasteiger charge is 2.30. The number of ketones is 1. The fraction of sp³-hybridized carbons (Fsp3) is 0.636. The van der Waals surface area contributed by atoms with Gasteiger partial charge in [-0.25, -0.2) is 8.42 Å². The lowest BCUT2D eigenvalue weighted by Crippen LogP contribution is -2.49. The topological polar surface area (TPSA) is 92.8 Å². The Morgan fingerprint density at radius 1 is 1.07 bits per heavy atom. The third-order valence-electron chi connectivity index (χ3n) is 5.71. The predicted octanol–water partition coefficient (Wildman–Crippen LogP) is 2.08. The molecular weight excluding hydrogens is 404 g/mol. The Balaban J connectivity index is 1.42.